The van der Waals surface area contributed by atoms with Crippen LogP contribution in [0, 0.1) is 5.92 Å². The van der Waals surface area contributed by atoms with Crippen LogP contribution in [0.2, 0.25) is 5.02 Å². The number of halogens is 3. The number of carbonyl (C=O) groups excluding carboxylic acids is 1. The number of rotatable bonds is 4. The quantitative estimate of drug-likeness (QED) is 0.799. The second kappa shape index (κ2) is 7.18. The molecule has 1 aromatic rings. The zero-order chi connectivity index (χ0) is 15.4. The van der Waals surface area contributed by atoms with Crippen LogP contribution in [0.15, 0.2) is 24.3 Å². The first-order valence-electron chi connectivity index (χ1n) is 6.85. The van der Waals surface area contributed by atoms with Crippen LogP contribution in [0.5, 0.6) is 0 Å². The zero-order valence-electron chi connectivity index (χ0n) is 11.8. The maximum atomic E-state index is 12.5. The number of carbonyl (C=O) groups is 1. The van der Waals surface area contributed by atoms with Crippen LogP contribution in [0.25, 0.3) is 0 Å². The SMILES string of the molecule is COC(=O)[C@@H]1CN(CC(F)F)CCC1c1ccc(Cl)cc1. The molecule has 1 fully saturated rings. The van der Waals surface area contributed by atoms with Crippen molar-refractivity contribution < 1.29 is 18.3 Å². The van der Waals surface area contributed by atoms with E-state index in [9.17, 15) is 13.6 Å². The lowest BCUT2D eigenvalue weighted by Crippen LogP contribution is -2.45. The van der Waals surface area contributed by atoms with E-state index in [2.05, 4.69) is 0 Å². The molecular weight excluding hydrogens is 300 g/mol. The van der Waals surface area contributed by atoms with Crippen molar-refractivity contribution in [1.29, 1.82) is 0 Å². The Hall–Kier alpha value is -1.20. The molecule has 2 rings (SSSR count). The Kier molecular flexibility index (Phi) is 5.53. The van der Waals surface area contributed by atoms with Crippen LogP contribution in [0.4, 0.5) is 8.78 Å². The van der Waals surface area contributed by atoms with Gasteiger partial charge in [-0.2, -0.15) is 0 Å². The summed E-state index contributed by atoms with van der Waals surface area (Å²) in [7, 11) is 1.33. The van der Waals surface area contributed by atoms with E-state index < -0.39 is 12.3 Å². The molecule has 0 aliphatic carbocycles. The van der Waals surface area contributed by atoms with Gasteiger partial charge in [0.15, 0.2) is 0 Å². The fourth-order valence-electron chi connectivity index (χ4n) is 2.88. The summed E-state index contributed by atoms with van der Waals surface area (Å²) in [6, 6.07) is 7.31. The van der Waals surface area contributed by atoms with Gasteiger partial charge in [-0.1, -0.05) is 23.7 Å². The monoisotopic (exact) mass is 317 g/mol. The molecule has 3 nitrogen and oxygen atoms in total. The van der Waals surface area contributed by atoms with Crippen LogP contribution in [0.1, 0.15) is 17.9 Å². The average Bonchev–Trinajstić information content (AvgIpc) is 2.47. The third-order valence-corrected chi connectivity index (χ3v) is 4.15. The van der Waals surface area contributed by atoms with E-state index >= 15 is 0 Å². The fourth-order valence-corrected chi connectivity index (χ4v) is 3.01. The summed E-state index contributed by atoms with van der Waals surface area (Å²) in [6.45, 7) is 0.538. The number of likely N-dealkylation sites (tertiary alicyclic amines) is 1. The normalized spacial score (nSPS) is 23.3. The van der Waals surface area contributed by atoms with Gasteiger partial charge in [0.2, 0.25) is 0 Å². The van der Waals surface area contributed by atoms with Gasteiger partial charge in [-0.25, -0.2) is 8.78 Å². The molecule has 0 spiro atoms. The Balaban J connectivity index is 2.16. The molecule has 0 N–H and O–H groups in total. The molecule has 116 valence electrons. The molecule has 1 saturated heterocycles. The van der Waals surface area contributed by atoms with Gasteiger partial charge in [-0.15, -0.1) is 0 Å². The van der Waals surface area contributed by atoms with Gasteiger partial charge in [-0.3, -0.25) is 9.69 Å². The van der Waals surface area contributed by atoms with Gasteiger partial charge >= 0.3 is 5.97 Å². The van der Waals surface area contributed by atoms with Crippen molar-refractivity contribution in [3.8, 4) is 0 Å². The van der Waals surface area contributed by atoms with Crippen LogP contribution in [-0.2, 0) is 9.53 Å². The molecule has 1 aromatic carbocycles. The first-order chi connectivity index (χ1) is 10.0. The molecule has 6 heteroatoms. The van der Waals surface area contributed by atoms with Crippen molar-refractivity contribution in [2.75, 3.05) is 26.7 Å². The molecule has 0 aromatic heterocycles. The number of hydrogen-bond acceptors (Lipinski definition) is 3. The third kappa shape index (κ3) is 4.14. The largest absolute Gasteiger partial charge is 0.469 e. The molecule has 2 atom stereocenters. The van der Waals surface area contributed by atoms with E-state index in [-0.39, 0.29) is 18.4 Å². The minimum absolute atomic E-state index is 0.0244. The Bertz CT molecular complexity index is 481. The van der Waals surface area contributed by atoms with Crippen molar-refractivity contribution >= 4 is 17.6 Å². The van der Waals surface area contributed by atoms with Crippen LogP contribution < -0.4 is 0 Å². The Morgan fingerprint density at radius 2 is 2.10 bits per heavy atom. The highest BCUT2D eigenvalue weighted by atomic mass is 35.5. The number of alkyl halides is 2. The highest BCUT2D eigenvalue weighted by Crippen LogP contribution is 2.34. The molecule has 1 unspecified atom stereocenters. The van der Waals surface area contributed by atoms with Crippen LogP contribution in [0.3, 0.4) is 0 Å². The van der Waals surface area contributed by atoms with E-state index in [1.165, 1.54) is 7.11 Å². The van der Waals surface area contributed by atoms with E-state index in [1.807, 2.05) is 12.1 Å². The van der Waals surface area contributed by atoms with Gasteiger partial charge in [-0.05, 0) is 36.6 Å². The summed E-state index contributed by atoms with van der Waals surface area (Å²) in [4.78, 5) is 13.6. The van der Waals surface area contributed by atoms with E-state index in [0.29, 0.717) is 24.5 Å². The number of hydrogen-bond donors (Lipinski definition) is 0. The number of benzene rings is 1. The molecule has 21 heavy (non-hydrogen) atoms. The first kappa shape index (κ1) is 16.2. The number of piperidine rings is 1. The Labute approximate surface area is 127 Å². The van der Waals surface area contributed by atoms with E-state index in [4.69, 9.17) is 16.3 Å². The van der Waals surface area contributed by atoms with Gasteiger partial charge in [0, 0.05) is 11.6 Å². The highest BCUT2D eigenvalue weighted by molar-refractivity contribution is 6.30. The molecule has 0 amide bonds. The second-order valence-corrected chi connectivity index (χ2v) is 5.66. The molecule has 0 bridgehead atoms. The zero-order valence-corrected chi connectivity index (χ0v) is 12.5. The topological polar surface area (TPSA) is 29.5 Å². The van der Waals surface area contributed by atoms with Crippen molar-refractivity contribution in [3.63, 3.8) is 0 Å². The number of methoxy groups -OCH3 is 1. The first-order valence-corrected chi connectivity index (χ1v) is 7.23. The molecule has 0 saturated carbocycles. The summed E-state index contributed by atoms with van der Waals surface area (Å²) in [5, 5.41) is 0.628. The van der Waals surface area contributed by atoms with E-state index in [0.717, 1.165) is 5.56 Å². The van der Waals surface area contributed by atoms with Gasteiger partial charge in [0.25, 0.3) is 6.43 Å². The summed E-state index contributed by atoms with van der Waals surface area (Å²) in [5.41, 5.74) is 0.992. The van der Waals surface area contributed by atoms with Gasteiger partial charge in [0.1, 0.15) is 0 Å². The van der Waals surface area contributed by atoms with Crippen molar-refractivity contribution in [2.45, 2.75) is 18.8 Å². The van der Waals surface area contributed by atoms with E-state index in [1.54, 1.807) is 17.0 Å². The number of ether oxygens (including phenoxy) is 1. The smallest absolute Gasteiger partial charge is 0.310 e. The Morgan fingerprint density at radius 1 is 1.43 bits per heavy atom. The lowest BCUT2D eigenvalue weighted by atomic mass is 9.80. The molecule has 1 heterocycles. The summed E-state index contributed by atoms with van der Waals surface area (Å²) >= 11 is 5.87. The second-order valence-electron chi connectivity index (χ2n) is 5.23. The van der Waals surface area contributed by atoms with Crippen LogP contribution >= 0.6 is 11.6 Å². The summed E-state index contributed by atoms with van der Waals surface area (Å²) < 4.78 is 29.9. The molecule has 0 radical (unpaired) electrons. The third-order valence-electron chi connectivity index (χ3n) is 3.90. The minimum Gasteiger partial charge on any atom is -0.469 e. The van der Waals surface area contributed by atoms with Gasteiger partial charge < -0.3 is 4.74 Å². The van der Waals surface area contributed by atoms with Crippen molar-refractivity contribution in [1.82, 2.24) is 4.90 Å². The highest BCUT2D eigenvalue weighted by Gasteiger charge is 2.36. The van der Waals surface area contributed by atoms with Crippen molar-refractivity contribution in [2.24, 2.45) is 5.92 Å². The maximum absolute atomic E-state index is 12.5. The predicted molar refractivity (Wildman–Crippen MR) is 76.8 cm³/mol. The maximum Gasteiger partial charge on any atom is 0.310 e. The number of nitrogens with zero attached hydrogens (tertiary/aromatic N) is 1. The van der Waals surface area contributed by atoms with Crippen molar-refractivity contribution in [3.05, 3.63) is 34.9 Å². The fraction of sp³-hybridized carbons (Fsp3) is 0.533. The minimum atomic E-state index is -2.39. The van der Waals surface area contributed by atoms with Crippen LogP contribution in [-0.4, -0.2) is 44.0 Å². The lowest BCUT2D eigenvalue weighted by Gasteiger charge is -2.37. The Morgan fingerprint density at radius 3 is 2.67 bits per heavy atom. The van der Waals surface area contributed by atoms with Gasteiger partial charge in [0.05, 0.1) is 19.6 Å². The molecule has 1 aliphatic heterocycles. The number of esters is 1. The molecule has 1 aliphatic rings. The molecular formula is C15H18ClF2NO2. The lowest BCUT2D eigenvalue weighted by molar-refractivity contribution is -0.148. The standard InChI is InChI=1S/C15H18ClF2NO2/c1-21-15(20)13-8-19(9-14(17)18)7-6-12(13)10-2-4-11(16)5-3-10/h2-5,12-14H,6-9H2,1H3/t12?,13-/m1/s1. The summed E-state index contributed by atoms with van der Waals surface area (Å²) in [5.74, 6) is -0.804. The predicted octanol–water partition coefficient (Wildman–Crippen LogP) is 3.18. The average molecular weight is 318 g/mol. The summed E-state index contributed by atoms with van der Waals surface area (Å²) in [6.07, 6.45) is -1.75.